The van der Waals surface area contributed by atoms with Crippen molar-refractivity contribution in [2.24, 2.45) is 0 Å². The van der Waals surface area contributed by atoms with Crippen LogP contribution in [0.1, 0.15) is 72.2 Å². The highest BCUT2D eigenvalue weighted by Gasteiger charge is 2.52. The second-order valence-electron chi connectivity index (χ2n) is 18.4. The Kier molecular flexibility index (Phi) is 6.04. The Morgan fingerprint density at radius 1 is 0.463 bits per heavy atom. The zero-order valence-electron chi connectivity index (χ0n) is 33.3. The first-order valence-corrected chi connectivity index (χ1v) is 22.8. The van der Waals surface area contributed by atoms with E-state index < -0.39 is 8.07 Å². The Hall–Kier alpha value is -5.18. The molecule has 0 radical (unpaired) electrons. The third-order valence-electron chi connectivity index (χ3n) is 14.2. The molecule has 0 bridgehead atoms. The van der Waals surface area contributed by atoms with E-state index in [0.717, 1.165) is 0 Å². The number of rotatable bonds is 1. The Balaban J connectivity index is 1.14. The van der Waals surface area contributed by atoms with Crippen LogP contribution in [-0.2, 0) is 10.8 Å². The number of para-hydroxylation sites is 2. The summed E-state index contributed by atoms with van der Waals surface area (Å²) in [4.78, 5) is 0. The molecule has 0 saturated carbocycles. The number of aryl methyl sites for hydroxylation is 4. The van der Waals surface area contributed by atoms with Crippen molar-refractivity contribution in [2.45, 2.75) is 79.3 Å². The minimum Gasteiger partial charge on any atom is -0.309 e. The fourth-order valence-corrected chi connectivity index (χ4v) is 15.9. The molecule has 8 aromatic rings. The molecule has 3 aliphatic rings. The normalized spacial score (nSPS) is 16.4. The van der Waals surface area contributed by atoms with Gasteiger partial charge in [0.15, 0.2) is 0 Å². The minimum atomic E-state index is -2.23. The van der Waals surface area contributed by atoms with Gasteiger partial charge in [-0.15, -0.1) is 0 Å². The highest BCUT2D eigenvalue weighted by Crippen LogP contribution is 2.57. The fraction of sp³-hybridized carbons (Fsp3) is 0.231. The molecule has 0 fully saturated rings. The van der Waals surface area contributed by atoms with E-state index in [1.54, 1.807) is 21.5 Å². The summed E-state index contributed by atoms with van der Waals surface area (Å²) < 4.78 is 2.48. The van der Waals surface area contributed by atoms with Crippen molar-refractivity contribution < 1.29 is 0 Å². The van der Waals surface area contributed by atoms with Crippen LogP contribution >= 0.6 is 0 Å². The smallest absolute Gasteiger partial charge is 0.114 e. The summed E-state index contributed by atoms with van der Waals surface area (Å²) in [5.74, 6) is 0. The molecule has 0 unspecified atom stereocenters. The zero-order chi connectivity index (χ0) is 37.4. The number of hydrogen-bond acceptors (Lipinski definition) is 0. The monoisotopic (exact) mass is 713 g/mol. The van der Waals surface area contributed by atoms with Gasteiger partial charge in [-0.3, -0.25) is 0 Å². The van der Waals surface area contributed by atoms with E-state index in [9.17, 15) is 0 Å². The van der Waals surface area contributed by atoms with Crippen LogP contribution in [0.4, 0.5) is 0 Å². The van der Waals surface area contributed by atoms with Gasteiger partial charge in [-0.2, -0.15) is 0 Å². The van der Waals surface area contributed by atoms with Crippen LogP contribution in [0, 0.1) is 27.7 Å². The number of benzene rings is 7. The molecular formula is C52H47NSi. The maximum absolute atomic E-state index is 2.66. The molecule has 0 N–H and O–H groups in total. The van der Waals surface area contributed by atoms with E-state index in [4.69, 9.17) is 0 Å². The lowest BCUT2D eigenvalue weighted by molar-refractivity contribution is 0.663. The molecule has 0 saturated heterocycles. The van der Waals surface area contributed by atoms with E-state index in [1.807, 2.05) is 0 Å². The van der Waals surface area contributed by atoms with Gasteiger partial charge in [0, 0.05) is 27.3 Å². The second-order valence-corrected chi connectivity index (χ2v) is 22.6. The first-order chi connectivity index (χ1) is 25.7. The lowest BCUT2D eigenvalue weighted by atomic mass is 9.78. The van der Waals surface area contributed by atoms with E-state index in [2.05, 4.69) is 176 Å². The van der Waals surface area contributed by atoms with Gasteiger partial charge in [0.05, 0.1) is 11.0 Å². The van der Waals surface area contributed by atoms with Crippen molar-refractivity contribution in [2.75, 3.05) is 0 Å². The Morgan fingerprint density at radius 2 is 1.00 bits per heavy atom. The molecule has 1 nitrogen and oxygen atoms in total. The average molecular weight is 714 g/mol. The maximum atomic E-state index is 2.66. The van der Waals surface area contributed by atoms with E-state index in [0.29, 0.717) is 0 Å². The standard InChI is InChI=1S/C52H47NSi/c1-28-23-32-19-21-37-45-31(4)26-40-39-25-30(3)44-36-22-20-33(53-42-17-13-11-15-34(42)35-16-12-14-18-43(35)53)27-41(36)51(5,6)47(44)49(39)54(9,10)50(40)48(45)52(7,8)46(37)38(32)24-29(28)2/h11-27H,1-10H3. The predicted molar refractivity (Wildman–Crippen MR) is 235 cm³/mol. The maximum Gasteiger partial charge on any atom is 0.114 e. The van der Waals surface area contributed by atoms with Gasteiger partial charge in [0.25, 0.3) is 0 Å². The average Bonchev–Trinajstić information content (AvgIpc) is 3.75. The number of nitrogens with zero attached hydrogens (tertiary/aromatic N) is 1. The molecule has 0 amide bonds. The molecule has 1 aliphatic heterocycles. The Morgan fingerprint density at radius 3 is 1.63 bits per heavy atom. The summed E-state index contributed by atoms with van der Waals surface area (Å²) in [7, 11) is -2.23. The van der Waals surface area contributed by atoms with Gasteiger partial charge in [0.1, 0.15) is 8.07 Å². The largest absolute Gasteiger partial charge is 0.309 e. The third-order valence-corrected chi connectivity index (χ3v) is 17.7. The van der Waals surface area contributed by atoms with Crippen LogP contribution in [-0.4, -0.2) is 12.6 Å². The van der Waals surface area contributed by atoms with Crippen LogP contribution < -0.4 is 10.4 Å². The molecule has 0 atom stereocenters. The van der Waals surface area contributed by atoms with Crippen LogP contribution in [0.5, 0.6) is 0 Å². The highest BCUT2D eigenvalue weighted by atomic mass is 28.3. The first-order valence-electron chi connectivity index (χ1n) is 19.8. The number of hydrogen-bond donors (Lipinski definition) is 0. The van der Waals surface area contributed by atoms with Crippen LogP contribution in [0.25, 0.3) is 71.6 Å². The molecular weight excluding hydrogens is 667 g/mol. The van der Waals surface area contributed by atoms with E-state index >= 15 is 0 Å². The van der Waals surface area contributed by atoms with Crippen LogP contribution in [0.3, 0.4) is 0 Å². The van der Waals surface area contributed by atoms with Crippen molar-refractivity contribution in [3.05, 3.63) is 148 Å². The van der Waals surface area contributed by atoms with Crippen LogP contribution in [0.2, 0.25) is 13.1 Å². The SMILES string of the molecule is Cc1cc2ccc3c(c2cc1C)C(C)(C)c1c-3c(C)cc2c1[Si](C)(C)c1c-2cc(C)c2c1C(C)(C)c1cc(-n3c4ccccc4c4ccccc43)ccc1-2. The van der Waals surface area contributed by atoms with Gasteiger partial charge >= 0.3 is 0 Å². The topological polar surface area (TPSA) is 4.93 Å². The number of fused-ring (bicyclic) bond motifs is 16. The van der Waals surface area contributed by atoms with Crippen molar-refractivity contribution in [1.29, 1.82) is 0 Å². The Labute approximate surface area is 320 Å². The lowest BCUT2D eigenvalue weighted by Crippen LogP contribution is -2.54. The van der Waals surface area contributed by atoms with Gasteiger partial charge in [-0.05, 0) is 151 Å². The van der Waals surface area contributed by atoms with Gasteiger partial charge in [-0.25, -0.2) is 0 Å². The molecule has 11 rings (SSSR count). The van der Waals surface area contributed by atoms with Crippen molar-refractivity contribution >= 4 is 51.0 Å². The molecule has 1 aromatic heterocycles. The molecule has 264 valence electrons. The summed E-state index contributed by atoms with van der Waals surface area (Å²) in [5.41, 5.74) is 24.0. The molecule has 2 aliphatic carbocycles. The van der Waals surface area contributed by atoms with Crippen molar-refractivity contribution in [3.8, 4) is 39.1 Å². The van der Waals surface area contributed by atoms with E-state index in [-0.39, 0.29) is 10.8 Å². The minimum absolute atomic E-state index is 0.109. The van der Waals surface area contributed by atoms with Crippen LogP contribution in [0.15, 0.2) is 103 Å². The summed E-state index contributed by atoms with van der Waals surface area (Å²) in [6.07, 6.45) is 0. The fourth-order valence-electron chi connectivity index (χ4n) is 11.8. The predicted octanol–water partition coefficient (Wildman–Crippen LogP) is 12.6. The van der Waals surface area contributed by atoms with Crippen molar-refractivity contribution in [3.63, 3.8) is 0 Å². The van der Waals surface area contributed by atoms with Gasteiger partial charge in [-0.1, -0.05) is 120 Å². The summed E-state index contributed by atoms with van der Waals surface area (Å²) in [6.45, 7) is 24.6. The number of aromatic nitrogens is 1. The molecule has 0 spiro atoms. The summed E-state index contributed by atoms with van der Waals surface area (Å²) in [5, 5.41) is 8.73. The quantitative estimate of drug-likeness (QED) is 0.149. The molecule has 7 aromatic carbocycles. The Bertz CT molecular complexity index is 3000. The molecule has 2 heteroatoms. The summed E-state index contributed by atoms with van der Waals surface area (Å²) in [6, 6.07) is 39.9. The van der Waals surface area contributed by atoms with Crippen molar-refractivity contribution in [1.82, 2.24) is 4.57 Å². The lowest BCUT2D eigenvalue weighted by Gasteiger charge is -2.33. The first kappa shape index (κ1) is 32.3. The summed E-state index contributed by atoms with van der Waals surface area (Å²) >= 11 is 0. The molecule has 54 heavy (non-hydrogen) atoms. The second kappa shape index (κ2) is 10.1. The van der Waals surface area contributed by atoms with Gasteiger partial charge in [0.2, 0.25) is 0 Å². The van der Waals surface area contributed by atoms with Gasteiger partial charge < -0.3 is 4.57 Å². The zero-order valence-corrected chi connectivity index (χ0v) is 34.3. The molecule has 2 heterocycles. The highest BCUT2D eigenvalue weighted by molar-refractivity contribution is 7.04. The third kappa shape index (κ3) is 3.71. The van der Waals surface area contributed by atoms with E-state index in [1.165, 1.54) is 105 Å².